The largest absolute Gasteiger partial charge is 0.508 e. The molecule has 3 aliphatic rings. The summed E-state index contributed by atoms with van der Waals surface area (Å²) >= 11 is 0. The monoisotopic (exact) mass is 702 g/mol. The summed E-state index contributed by atoms with van der Waals surface area (Å²) in [7, 11) is 0. The number of phenols is 1. The second kappa shape index (κ2) is 14.6. The van der Waals surface area contributed by atoms with Gasteiger partial charge in [-0.15, -0.1) is 0 Å². The van der Waals surface area contributed by atoms with E-state index in [2.05, 4.69) is 13.0 Å². The maximum Gasteiger partial charge on any atom is 0.460 e. The number of unbranched alkanes of at least 4 members (excludes halogenated alkanes) is 5. The summed E-state index contributed by atoms with van der Waals surface area (Å²) in [6.07, 6.45) is -0.294. The number of fused-ring (bicyclic) bond motifs is 5. The van der Waals surface area contributed by atoms with E-state index < -0.39 is 55.1 Å². The van der Waals surface area contributed by atoms with Crippen molar-refractivity contribution < 1.29 is 59.6 Å². The van der Waals surface area contributed by atoms with Crippen molar-refractivity contribution in [2.75, 3.05) is 0 Å². The fourth-order valence-electron chi connectivity index (χ4n) is 9.16. The number of hydrogen-bond acceptors (Lipinski definition) is 3. The Balaban J connectivity index is 1.21. The van der Waals surface area contributed by atoms with Gasteiger partial charge in [0.25, 0.3) is 0 Å². The van der Waals surface area contributed by atoms with Crippen molar-refractivity contribution >= 4 is 5.97 Å². The van der Waals surface area contributed by atoms with Crippen LogP contribution in [0.5, 0.6) is 5.75 Å². The van der Waals surface area contributed by atoms with Gasteiger partial charge in [0.05, 0.1) is 12.0 Å². The topological polar surface area (TPSA) is 77.8 Å². The number of aryl methyl sites for hydroxylation is 1. The number of aromatic hydroxyl groups is 1. The van der Waals surface area contributed by atoms with Gasteiger partial charge in [-0.25, -0.2) is 0 Å². The van der Waals surface area contributed by atoms with E-state index in [1.807, 2.05) is 6.07 Å². The fraction of sp³-hybridized carbons (Fsp3) is 0.800. The molecule has 0 aliphatic heterocycles. The molecule has 0 saturated heterocycles. The van der Waals surface area contributed by atoms with Gasteiger partial charge in [-0.05, 0) is 110 Å². The predicted octanol–water partition coefficient (Wildman–Crippen LogP) is 10.3. The third kappa shape index (κ3) is 7.60. The highest BCUT2D eigenvalue weighted by Crippen LogP contribution is 2.63. The molecule has 4 rings (SSSR count). The predicted molar refractivity (Wildman–Crippen MR) is 160 cm³/mol. The van der Waals surface area contributed by atoms with Gasteiger partial charge in [0.2, 0.25) is 0 Å². The van der Waals surface area contributed by atoms with Crippen LogP contribution in [0.3, 0.4) is 0 Å². The van der Waals surface area contributed by atoms with Gasteiger partial charge in [-0.2, -0.15) is 39.5 Å². The number of carbonyl (C=O) groups is 1. The smallest absolute Gasteiger partial charge is 0.460 e. The summed E-state index contributed by atoms with van der Waals surface area (Å²) in [4.78, 5) is 11.6. The molecule has 0 radical (unpaired) electrons. The minimum absolute atomic E-state index is 0.0399. The number of benzene rings is 1. The highest BCUT2D eigenvalue weighted by molar-refractivity contribution is 5.69. The first-order valence-electron chi connectivity index (χ1n) is 17.2. The minimum atomic E-state index is -6.94. The van der Waals surface area contributed by atoms with Crippen LogP contribution in [0.15, 0.2) is 18.2 Å². The maximum atomic E-state index is 13.8. The van der Waals surface area contributed by atoms with Gasteiger partial charge >= 0.3 is 29.9 Å². The second-order valence-electron chi connectivity index (χ2n) is 14.8. The summed E-state index contributed by atoms with van der Waals surface area (Å²) in [5.41, 5.74) is 2.42. The molecule has 0 spiro atoms. The lowest BCUT2D eigenvalue weighted by atomic mass is 9.51. The van der Waals surface area contributed by atoms with Crippen LogP contribution in [0, 0.1) is 29.1 Å². The zero-order chi connectivity index (χ0) is 35.7. The summed E-state index contributed by atoms with van der Waals surface area (Å²) in [6.45, 7) is 2.24. The number of rotatable bonds is 16. The summed E-state index contributed by atoms with van der Waals surface area (Å²) < 4.78 is 118. The van der Waals surface area contributed by atoms with Crippen LogP contribution in [0.2, 0.25) is 0 Å². The molecule has 13 heteroatoms. The van der Waals surface area contributed by atoms with E-state index in [9.17, 15) is 59.6 Å². The van der Waals surface area contributed by atoms with Gasteiger partial charge in [0, 0.05) is 6.42 Å². The van der Waals surface area contributed by atoms with Crippen LogP contribution in [0.4, 0.5) is 39.5 Å². The molecule has 0 aromatic heterocycles. The number of aliphatic hydroxyl groups is 1. The number of phenolic OH excluding ortho intramolecular Hbond substituents is 1. The lowest BCUT2D eigenvalue weighted by Gasteiger charge is -2.54. The SMILES string of the molecule is C[C@]12CC(CCCCCCCCC(CCCC(F)(F)C(F)(F)C(F)(F)C(F)(F)F)C(=O)O)C3c4ccc(O)cc4CCC3C1CCC2O. The Morgan fingerprint density at radius 1 is 0.875 bits per heavy atom. The summed E-state index contributed by atoms with van der Waals surface area (Å²) in [5.74, 6) is -19.9. The van der Waals surface area contributed by atoms with Gasteiger partial charge in [0.15, 0.2) is 0 Å². The molecule has 48 heavy (non-hydrogen) atoms. The third-order valence-corrected chi connectivity index (χ3v) is 11.8. The number of carboxylic acid groups (broad SMARTS) is 1. The number of halogens is 9. The average molecular weight is 703 g/mol. The molecule has 2 saturated carbocycles. The molecule has 0 heterocycles. The fourth-order valence-corrected chi connectivity index (χ4v) is 9.16. The van der Waals surface area contributed by atoms with Gasteiger partial charge in [0.1, 0.15) is 5.75 Å². The van der Waals surface area contributed by atoms with Crippen LogP contribution in [-0.4, -0.2) is 51.3 Å². The number of carboxylic acids is 1. The Kier molecular flexibility index (Phi) is 11.7. The lowest BCUT2D eigenvalue weighted by Crippen LogP contribution is -2.60. The second-order valence-corrected chi connectivity index (χ2v) is 14.8. The van der Waals surface area contributed by atoms with Crippen LogP contribution in [0.1, 0.15) is 120 Å². The highest BCUT2D eigenvalue weighted by Gasteiger charge is 2.81. The highest BCUT2D eigenvalue weighted by atomic mass is 19.4. The molecule has 7 atom stereocenters. The van der Waals surface area contributed by atoms with Gasteiger partial charge in [-0.1, -0.05) is 51.5 Å². The number of aliphatic carboxylic acids is 1. The van der Waals surface area contributed by atoms with Crippen molar-refractivity contribution in [3.8, 4) is 5.75 Å². The average Bonchev–Trinajstić information content (AvgIpc) is 3.29. The van der Waals surface area contributed by atoms with Crippen molar-refractivity contribution in [3.63, 3.8) is 0 Å². The number of hydrogen-bond donors (Lipinski definition) is 3. The third-order valence-electron chi connectivity index (χ3n) is 11.8. The van der Waals surface area contributed by atoms with E-state index in [1.165, 1.54) is 11.1 Å². The Hall–Kier alpha value is -2.18. The number of alkyl halides is 9. The Labute approximate surface area is 275 Å². The molecule has 1 aromatic carbocycles. The quantitative estimate of drug-likeness (QED) is 0.118. The zero-order valence-corrected chi connectivity index (χ0v) is 27.2. The molecule has 274 valence electrons. The van der Waals surface area contributed by atoms with E-state index >= 15 is 0 Å². The first kappa shape index (κ1) is 38.6. The molecule has 0 bridgehead atoms. The minimum Gasteiger partial charge on any atom is -0.508 e. The Morgan fingerprint density at radius 2 is 1.50 bits per heavy atom. The Morgan fingerprint density at radius 3 is 2.15 bits per heavy atom. The standard InChI is InChI=1S/C35H47F9O4/c1-31-20-23(29-25-15-13-24(45)19-22(25)12-14-26(29)27(31)16-17-28(31)46)10-7-5-3-2-4-6-9-21(30(47)48)11-8-18-32(36,37)33(38,39)34(40,41)35(42,43)44/h13,15,19,21,23,26-29,45-46H,2-12,14,16-18,20H2,1H3,(H,47,48)/t21?,23?,26?,27?,28?,29?,31-/m0/s1. The maximum absolute atomic E-state index is 13.8. The van der Waals surface area contributed by atoms with Gasteiger partial charge < -0.3 is 15.3 Å². The molecule has 3 N–H and O–H groups in total. The zero-order valence-electron chi connectivity index (χ0n) is 27.2. The molecule has 2 fully saturated rings. The molecule has 3 aliphatic carbocycles. The first-order chi connectivity index (χ1) is 22.2. The summed E-state index contributed by atoms with van der Waals surface area (Å²) in [6, 6.07) is 5.71. The van der Waals surface area contributed by atoms with E-state index in [0.717, 1.165) is 64.2 Å². The van der Waals surface area contributed by atoms with Crippen molar-refractivity contribution in [1.82, 2.24) is 0 Å². The van der Waals surface area contributed by atoms with Crippen molar-refractivity contribution in [1.29, 1.82) is 0 Å². The Bertz CT molecular complexity index is 1250. The van der Waals surface area contributed by atoms with E-state index in [0.29, 0.717) is 36.5 Å². The first-order valence-corrected chi connectivity index (χ1v) is 17.2. The van der Waals surface area contributed by atoms with Crippen LogP contribution < -0.4 is 0 Å². The lowest BCUT2D eigenvalue weighted by molar-refractivity contribution is -0.396. The molecule has 1 aromatic rings. The van der Waals surface area contributed by atoms with Crippen molar-refractivity contribution in [2.24, 2.45) is 29.1 Å². The van der Waals surface area contributed by atoms with E-state index in [-0.39, 0.29) is 23.7 Å². The molecule has 4 nitrogen and oxygen atoms in total. The molecular weight excluding hydrogens is 655 g/mol. The van der Waals surface area contributed by atoms with E-state index in [4.69, 9.17) is 0 Å². The van der Waals surface area contributed by atoms with Crippen LogP contribution in [0.25, 0.3) is 0 Å². The van der Waals surface area contributed by atoms with Crippen molar-refractivity contribution in [2.45, 2.75) is 146 Å². The normalized spacial score (nSPS) is 28.4. The van der Waals surface area contributed by atoms with Gasteiger partial charge in [-0.3, -0.25) is 4.79 Å². The van der Waals surface area contributed by atoms with Crippen molar-refractivity contribution in [3.05, 3.63) is 29.3 Å². The molecule has 6 unspecified atom stereocenters. The summed E-state index contributed by atoms with van der Waals surface area (Å²) in [5, 5.41) is 30.4. The molecule has 0 amide bonds. The van der Waals surface area contributed by atoms with E-state index in [1.54, 1.807) is 6.07 Å². The number of aliphatic hydroxyl groups excluding tert-OH is 1. The van der Waals surface area contributed by atoms with Crippen LogP contribution >= 0.6 is 0 Å². The molecular formula is C35H47F9O4. The van der Waals surface area contributed by atoms with Crippen LogP contribution in [-0.2, 0) is 11.2 Å².